The minimum absolute atomic E-state index is 0.212. The summed E-state index contributed by atoms with van der Waals surface area (Å²) in [5, 5.41) is 8.21. The topological polar surface area (TPSA) is 0 Å². The van der Waals surface area contributed by atoms with E-state index < -0.39 is 0 Å². The number of hydrogen-bond donors (Lipinski definition) is 0. The Morgan fingerprint density at radius 3 is 1.45 bits per heavy atom. The molecule has 0 fully saturated rings. The van der Waals surface area contributed by atoms with Crippen molar-refractivity contribution in [2.75, 3.05) is 0 Å². The molecule has 0 radical (unpaired) electrons. The summed E-state index contributed by atoms with van der Waals surface area (Å²) in [5.41, 5.74) is 0.731. The molecule has 0 aliphatic heterocycles. The molecule has 6 aromatic rings. The summed E-state index contributed by atoms with van der Waals surface area (Å²) in [4.78, 5) is 0. The van der Waals surface area contributed by atoms with E-state index in [0.717, 1.165) is 14.2 Å². The molecule has 217 valence electrons. The monoisotopic (exact) mass is 648 g/mol. The van der Waals surface area contributed by atoms with Crippen LogP contribution in [0.5, 0.6) is 0 Å². The fourth-order valence-electron chi connectivity index (χ4n) is 4.29. The van der Waals surface area contributed by atoms with Gasteiger partial charge in [0.2, 0.25) is 0 Å². The van der Waals surface area contributed by atoms with Gasteiger partial charge in [-0.25, -0.2) is 0 Å². The van der Waals surface area contributed by atoms with Gasteiger partial charge in [-0.2, -0.15) is 0 Å². The molecule has 0 aliphatic rings. The van der Waals surface area contributed by atoms with E-state index in [0.29, 0.717) is 0 Å². The largest absolute Gasteiger partial charge is 0.147 e. The molecule has 1 unspecified atom stereocenters. The Bertz CT molecular complexity index is 1370. The van der Waals surface area contributed by atoms with Gasteiger partial charge in [0.05, 0.1) is 0 Å². The van der Waals surface area contributed by atoms with E-state index in [4.69, 9.17) is 0 Å². The quantitative estimate of drug-likeness (QED) is 0.0958. The predicted molar refractivity (Wildman–Crippen MR) is 188 cm³/mol. The van der Waals surface area contributed by atoms with E-state index in [1.807, 2.05) is 24.3 Å². The standard InChI is InChI=1S/C16H19P.C12H11P.C10H7.ClH.Ni/c1-3-14(2)17(15-10-6-4-7-11-15)16-12-8-5-9-13-16;1-3-7-11(8-4-1)13-12-9-5-2-6-10-12;1-2-6-10-8-4-3-7-9(10)5-1;;/h4-14H,3H2,1-2H3;1-10,13H;1-7H;1H;/q;;-1;;+1/p-1. The second-order valence-electron chi connectivity index (χ2n) is 9.41. The van der Waals surface area contributed by atoms with Gasteiger partial charge in [-0.05, 0) is 41.2 Å². The number of rotatable bonds is 6. The second-order valence-corrected chi connectivity index (χ2v) is 13.5. The third kappa shape index (κ3) is 11.5. The molecule has 0 N–H and O–H groups in total. The summed E-state index contributed by atoms with van der Waals surface area (Å²) in [6.07, 6.45) is 1.23. The van der Waals surface area contributed by atoms with Crippen LogP contribution < -0.4 is 21.2 Å². The van der Waals surface area contributed by atoms with Crippen LogP contribution in [-0.2, 0) is 14.6 Å². The first-order valence-corrected chi connectivity index (χ1v) is 17.8. The maximum atomic E-state index is 4.26. The van der Waals surface area contributed by atoms with Crippen molar-refractivity contribution in [3.05, 3.63) is 170 Å². The van der Waals surface area contributed by atoms with E-state index >= 15 is 0 Å². The summed E-state index contributed by atoms with van der Waals surface area (Å²) in [7, 11) is 4.83. The molecule has 0 saturated carbocycles. The van der Waals surface area contributed by atoms with Crippen LogP contribution in [0, 0.1) is 6.07 Å². The van der Waals surface area contributed by atoms with Crippen molar-refractivity contribution in [3.63, 3.8) is 0 Å². The average Bonchev–Trinajstić information content (AvgIpc) is 3.08. The predicted octanol–water partition coefficient (Wildman–Crippen LogP) is 9.56. The van der Waals surface area contributed by atoms with Gasteiger partial charge < -0.3 is 0 Å². The Morgan fingerprint density at radius 2 is 1.00 bits per heavy atom. The van der Waals surface area contributed by atoms with Gasteiger partial charge in [-0.15, -0.1) is 47.2 Å². The number of benzene rings is 6. The van der Waals surface area contributed by atoms with Gasteiger partial charge >= 0.3 is 24.8 Å². The molecule has 0 aliphatic carbocycles. The number of hydrogen-bond acceptors (Lipinski definition) is 0. The minimum Gasteiger partial charge on any atom is -0.147 e. The van der Waals surface area contributed by atoms with Crippen LogP contribution in [-0.4, -0.2) is 5.66 Å². The van der Waals surface area contributed by atoms with Crippen molar-refractivity contribution >= 4 is 58.7 Å². The molecular weight excluding hydrogens is 613 g/mol. The van der Waals surface area contributed by atoms with Crippen molar-refractivity contribution in [3.8, 4) is 0 Å². The third-order valence-electron chi connectivity index (χ3n) is 6.51. The first-order chi connectivity index (χ1) is 20.7. The molecule has 0 heterocycles. The second kappa shape index (κ2) is 20.2. The zero-order valence-electron chi connectivity index (χ0n) is 24.0. The van der Waals surface area contributed by atoms with Crippen LogP contribution in [0.2, 0.25) is 0 Å². The fourth-order valence-corrected chi connectivity index (χ4v) is 8.01. The maximum Gasteiger partial charge on any atom is -0.0226 e. The minimum atomic E-state index is -0.212. The fraction of sp³-hybridized carbons (Fsp3) is 0.105. The molecule has 0 amide bonds. The molecule has 0 bridgehead atoms. The molecule has 0 aromatic heterocycles. The Labute approximate surface area is 267 Å². The van der Waals surface area contributed by atoms with Gasteiger partial charge in [-0.1, -0.05) is 156 Å². The van der Waals surface area contributed by atoms with E-state index in [-0.39, 0.29) is 7.92 Å². The number of fused-ring (bicyclic) bond motifs is 1. The zero-order valence-corrected chi connectivity index (χ0v) is 27.7. The van der Waals surface area contributed by atoms with Crippen molar-refractivity contribution in [1.82, 2.24) is 0 Å². The number of halogens is 1. The van der Waals surface area contributed by atoms with E-state index in [1.54, 1.807) is 0 Å². The normalized spacial score (nSPS) is 10.7. The van der Waals surface area contributed by atoms with Gasteiger partial charge in [-0.3, -0.25) is 0 Å². The van der Waals surface area contributed by atoms with Crippen LogP contribution in [0.15, 0.2) is 164 Å². The molecule has 6 rings (SSSR count). The summed E-state index contributed by atoms with van der Waals surface area (Å²) >= 11 is 3.35. The van der Waals surface area contributed by atoms with E-state index in [2.05, 4.69) is 184 Å². The van der Waals surface area contributed by atoms with Crippen molar-refractivity contribution < 1.29 is 14.6 Å². The van der Waals surface area contributed by atoms with Crippen LogP contribution >= 0.6 is 26.7 Å². The van der Waals surface area contributed by atoms with Crippen molar-refractivity contribution in [2.24, 2.45) is 0 Å². The Balaban J connectivity index is 0.000000173. The Morgan fingerprint density at radius 1 is 0.595 bits per heavy atom. The third-order valence-corrected chi connectivity index (χ3v) is 10.7. The van der Waals surface area contributed by atoms with Crippen molar-refractivity contribution in [2.45, 2.75) is 25.9 Å². The Hall–Kier alpha value is -2.78. The van der Waals surface area contributed by atoms with Gasteiger partial charge in [0, 0.05) is 0 Å². The van der Waals surface area contributed by atoms with Gasteiger partial charge in [0.1, 0.15) is 0 Å². The molecule has 0 spiro atoms. The van der Waals surface area contributed by atoms with Gasteiger partial charge in [0.15, 0.2) is 0 Å². The van der Waals surface area contributed by atoms with Crippen LogP contribution in [0.4, 0.5) is 0 Å². The van der Waals surface area contributed by atoms with Crippen LogP contribution in [0.25, 0.3) is 10.8 Å². The smallest absolute Gasteiger partial charge is 0.0226 e. The SMILES string of the molecule is CCC(C)P(c1ccccc1)c1ccccc1.[Cl][Ni].[c-]1cccc2ccccc12.c1ccc(Pc2ccccc2)cc1. The molecule has 6 aromatic carbocycles. The summed E-state index contributed by atoms with van der Waals surface area (Å²) in [5.74, 6) is 0. The van der Waals surface area contributed by atoms with E-state index in [9.17, 15) is 0 Å². The molecule has 42 heavy (non-hydrogen) atoms. The summed E-state index contributed by atoms with van der Waals surface area (Å²) < 4.78 is 0. The summed E-state index contributed by atoms with van der Waals surface area (Å²) in [6, 6.07) is 60.4. The maximum absolute atomic E-state index is 4.26. The first kappa shape index (κ1) is 33.7. The van der Waals surface area contributed by atoms with Gasteiger partial charge in [0.25, 0.3) is 0 Å². The molecular formula is C38H37ClNiP2-. The van der Waals surface area contributed by atoms with Crippen LogP contribution in [0.1, 0.15) is 20.3 Å². The van der Waals surface area contributed by atoms with E-state index in [1.165, 1.54) is 38.4 Å². The van der Waals surface area contributed by atoms with Crippen LogP contribution in [0.3, 0.4) is 0 Å². The van der Waals surface area contributed by atoms with Crippen molar-refractivity contribution in [1.29, 1.82) is 0 Å². The summed E-state index contributed by atoms with van der Waals surface area (Å²) in [6.45, 7) is 4.65. The average molecular weight is 650 g/mol. The molecule has 1 atom stereocenters. The molecule has 0 nitrogen and oxygen atoms in total. The Kier molecular flexibility index (Phi) is 16.2. The molecule has 0 saturated heterocycles. The molecule has 4 heteroatoms. The zero-order chi connectivity index (χ0) is 29.8. The first-order valence-electron chi connectivity index (χ1n) is 14.0.